The fraction of sp³-hybridized carbons (Fsp3) is 0.632. The van der Waals surface area contributed by atoms with Gasteiger partial charge >= 0.3 is 0 Å². The highest BCUT2D eigenvalue weighted by Crippen LogP contribution is 2.06. The number of aryl methyl sites for hydroxylation is 1. The molecule has 0 aromatic heterocycles. The number of hydrogen-bond acceptors (Lipinski definition) is 2. The lowest BCUT2D eigenvalue weighted by Gasteiger charge is -2.23. The lowest BCUT2D eigenvalue weighted by molar-refractivity contribution is 0.268. The summed E-state index contributed by atoms with van der Waals surface area (Å²) >= 11 is 0. The topological polar surface area (TPSA) is 30.9 Å². The number of hydrogen-bond donors (Lipinski definition) is 1. The minimum Gasteiger partial charge on any atom is -0.356 e. The highest BCUT2D eigenvalue weighted by atomic mass is 15.3. The first kappa shape index (κ1) is 19.5. The third-order valence-electron chi connectivity index (χ3n) is 4.22. The van der Waals surface area contributed by atoms with Crippen molar-refractivity contribution in [2.45, 2.75) is 46.2 Å². The number of nitrogens with one attached hydrogen (secondary N) is 1. The van der Waals surface area contributed by atoms with E-state index in [9.17, 15) is 0 Å². The van der Waals surface area contributed by atoms with Crippen LogP contribution in [0, 0.1) is 6.92 Å². The monoisotopic (exact) mass is 318 g/mol. The summed E-state index contributed by atoms with van der Waals surface area (Å²) in [5.41, 5.74) is 2.60. The highest BCUT2D eigenvalue weighted by molar-refractivity contribution is 5.79. The summed E-state index contributed by atoms with van der Waals surface area (Å²) in [5.74, 6) is 0.961. The Bertz CT molecular complexity index is 465. The van der Waals surface area contributed by atoms with Crippen LogP contribution in [0.15, 0.2) is 29.3 Å². The first-order valence-corrected chi connectivity index (χ1v) is 8.61. The quantitative estimate of drug-likeness (QED) is 0.454. The molecule has 0 heterocycles. The van der Waals surface area contributed by atoms with Crippen LogP contribution in [0.2, 0.25) is 0 Å². The van der Waals surface area contributed by atoms with E-state index >= 15 is 0 Å². The van der Waals surface area contributed by atoms with E-state index in [4.69, 9.17) is 0 Å². The van der Waals surface area contributed by atoms with Crippen LogP contribution in [-0.4, -0.2) is 56.0 Å². The lowest BCUT2D eigenvalue weighted by atomic mass is 10.1. The van der Waals surface area contributed by atoms with Crippen LogP contribution in [0.1, 0.15) is 37.8 Å². The largest absolute Gasteiger partial charge is 0.356 e. The van der Waals surface area contributed by atoms with Crippen LogP contribution >= 0.6 is 0 Å². The Balaban J connectivity index is 2.31. The van der Waals surface area contributed by atoms with E-state index in [1.165, 1.54) is 17.5 Å². The van der Waals surface area contributed by atoms with Crippen molar-refractivity contribution in [3.05, 3.63) is 35.4 Å². The van der Waals surface area contributed by atoms with Gasteiger partial charge in [0.2, 0.25) is 0 Å². The number of unbranched alkanes of at least 4 members (excludes halogenated alkanes) is 1. The molecule has 23 heavy (non-hydrogen) atoms. The summed E-state index contributed by atoms with van der Waals surface area (Å²) in [6, 6.07) is 9.30. The van der Waals surface area contributed by atoms with Crippen molar-refractivity contribution < 1.29 is 0 Å². The Labute approximate surface area is 142 Å². The number of benzene rings is 1. The summed E-state index contributed by atoms with van der Waals surface area (Å²) in [6.07, 6.45) is 2.37. The highest BCUT2D eigenvalue weighted by Gasteiger charge is 2.06. The van der Waals surface area contributed by atoms with Crippen molar-refractivity contribution in [3.63, 3.8) is 0 Å². The lowest BCUT2D eigenvalue weighted by Crippen LogP contribution is -2.39. The minimum atomic E-state index is 0.622. The molecule has 0 aliphatic heterocycles. The molecule has 0 aliphatic carbocycles. The maximum Gasteiger partial charge on any atom is 0.193 e. The maximum atomic E-state index is 4.38. The molecule has 130 valence electrons. The number of rotatable bonds is 8. The first-order valence-electron chi connectivity index (χ1n) is 8.61. The minimum absolute atomic E-state index is 0.622. The molecule has 1 aromatic rings. The van der Waals surface area contributed by atoms with E-state index < -0.39 is 0 Å². The van der Waals surface area contributed by atoms with Crippen molar-refractivity contribution in [1.82, 2.24) is 15.1 Å². The summed E-state index contributed by atoms with van der Waals surface area (Å²) in [5, 5.41) is 3.46. The average Bonchev–Trinajstić information content (AvgIpc) is 2.52. The molecule has 1 aromatic carbocycles. The molecule has 0 amide bonds. The molecule has 4 heteroatoms. The standard InChI is InChI=1S/C19H34N4/c1-16(2)22(5)14-8-7-13-21-19(20-4)23(6)15-18-11-9-17(3)10-12-18/h9-12,16H,7-8,13-15H2,1-6H3,(H,20,21). The van der Waals surface area contributed by atoms with Crippen LogP contribution in [0.3, 0.4) is 0 Å². The van der Waals surface area contributed by atoms with E-state index in [2.05, 4.69) is 79.2 Å². The molecular formula is C19H34N4. The zero-order valence-corrected chi connectivity index (χ0v) is 15.8. The van der Waals surface area contributed by atoms with Crippen molar-refractivity contribution in [2.24, 2.45) is 4.99 Å². The zero-order chi connectivity index (χ0) is 17.2. The molecule has 0 fully saturated rings. The second-order valence-corrected chi connectivity index (χ2v) is 6.60. The van der Waals surface area contributed by atoms with Gasteiger partial charge in [0.05, 0.1) is 0 Å². The molecule has 1 N–H and O–H groups in total. The second-order valence-electron chi connectivity index (χ2n) is 6.60. The van der Waals surface area contributed by atoms with Crippen LogP contribution in [-0.2, 0) is 6.54 Å². The van der Waals surface area contributed by atoms with Crippen molar-refractivity contribution in [1.29, 1.82) is 0 Å². The van der Waals surface area contributed by atoms with Crippen LogP contribution < -0.4 is 5.32 Å². The van der Waals surface area contributed by atoms with Gasteiger partial charge in [0.1, 0.15) is 0 Å². The van der Waals surface area contributed by atoms with E-state index in [1.807, 2.05) is 7.05 Å². The molecule has 0 saturated carbocycles. The zero-order valence-electron chi connectivity index (χ0n) is 15.8. The van der Waals surface area contributed by atoms with Gasteiger partial charge in [0.25, 0.3) is 0 Å². The number of aliphatic imine (C=N–C) groups is 1. The average molecular weight is 319 g/mol. The molecule has 0 spiro atoms. The van der Waals surface area contributed by atoms with Gasteiger partial charge in [0.15, 0.2) is 5.96 Å². The third kappa shape index (κ3) is 7.51. The molecule has 0 saturated heterocycles. The van der Waals surface area contributed by atoms with Crippen LogP contribution in [0.5, 0.6) is 0 Å². The van der Waals surface area contributed by atoms with Crippen molar-refractivity contribution >= 4 is 5.96 Å². The molecule has 0 bridgehead atoms. The summed E-state index contributed by atoms with van der Waals surface area (Å²) in [7, 11) is 6.12. The van der Waals surface area contributed by atoms with Gasteiger partial charge in [-0.15, -0.1) is 0 Å². The SMILES string of the molecule is CN=C(NCCCCN(C)C(C)C)N(C)Cc1ccc(C)cc1. The van der Waals surface area contributed by atoms with E-state index in [0.29, 0.717) is 6.04 Å². The van der Waals surface area contributed by atoms with Crippen LogP contribution in [0.25, 0.3) is 0 Å². The number of guanidine groups is 1. The van der Waals surface area contributed by atoms with Gasteiger partial charge in [-0.2, -0.15) is 0 Å². The maximum absolute atomic E-state index is 4.38. The normalized spacial score (nSPS) is 12.1. The number of nitrogens with zero attached hydrogens (tertiary/aromatic N) is 3. The van der Waals surface area contributed by atoms with Gasteiger partial charge in [-0.1, -0.05) is 29.8 Å². The van der Waals surface area contributed by atoms with E-state index in [-0.39, 0.29) is 0 Å². The van der Waals surface area contributed by atoms with Gasteiger partial charge in [0, 0.05) is 33.2 Å². The predicted octanol–water partition coefficient (Wildman–Crippen LogP) is 3.12. The molecule has 4 nitrogen and oxygen atoms in total. The molecule has 0 unspecified atom stereocenters. The van der Waals surface area contributed by atoms with Crippen molar-refractivity contribution in [3.8, 4) is 0 Å². The Morgan fingerprint density at radius 2 is 1.78 bits per heavy atom. The fourth-order valence-electron chi connectivity index (χ4n) is 2.37. The van der Waals surface area contributed by atoms with Crippen molar-refractivity contribution in [2.75, 3.05) is 34.2 Å². The second kappa shape index (κ2) is 10.3. The Hall–Kier alpha value is -1.55. The predicted molar refractivity (Wildman–Crippen MR) is 101 cm³/mol. The van der Waals surface area contributed by atoms with E-state index in [1.54, 1.807) is 0 Å². The molecular weight excluding hydrogens is 284 g/mol. The summed E-state index contributed by atoms with van der Waals surface area (Å²) in [6.45, 7) is 9.58. The van der Waals surface area contributed by atoms with E-state index in [0.717, 1.165) is 32.0 Å². The Morgan fingerprint density at radius 1 is 1.13 bits per heavy atom. The van der Waals surface area contributed by atoms with Gasteiger partial charge < -0.3 is 15.1 Å². The third-order valence-corrected chi connectivity index (χ3v) is 4.22. The molecule has 0 aliphatic rings. The fourth-order valence-corrected chi connectivity index (χ4v) is 2.37. The van der Waals surface area contributed by atoms with Gasteiger partial charge in [-0.3, -0.25) is 4.99 Å². The first-order chi connectivity index (χ1) is 10.9. The smallest absolute Gasteiger partial charge is 0.193 e. The molecule has 1 rings (SSSR count). The molecule has 0 radical (unpaired) electrons. The Kier molecular flexibility index (Phi) is 8.70. The summed E-state index contributed by atoms with van der Waals surface area (Å²) < 4.78 is 0. The van der Waals surface area contributed by atoms with Crippen LogP contribution in [0.4, 0.5) is 0 Å². The van der Waals surface area contributed by atoms with Gasteiger partial charge in [-0.25, -0.2) is 0 Å². The summed E-state index contributed by atoms with van der Waals surface area (Å²) in [4.78, 5) is 8.94. The Morgan fingerprint density at radius 3 is 2.35 bits per heavy atom. The van der Waals surface area contributed by atoms with Gasteiger partial charge in [-0.05, 0) is 52.8 Å². The molecule has 0 atom stereocenters.